The fourth-order valence-corrected chi connectivity index (χ4v) is 5.22. The lowest BCUT2D eigenvalue weighted by molar-refractivity contribution is 0.106. The molecule has 0 radical (unpaired) electrons. The first-order chi connectivity index (χ1) is 15.5. The summed E-state index contributed by atoms with van der Waals surface area (Å²) in [4.78, 5) is 2.47. The van der Waals surface area contributed by atoms with Gasteiger partial charge in [-0.1, -0.05) is 12.1 Å². The normalized spacial score (nSPS) is 19.6. The van der Waals surface area contributed by atoms with Crippen LogP contribution >= 0.6 is 0 Å². The molecule has 0 fully saturated rings. The van der Waals surface area contributed by atoms with E-state index < -0.39 is 0 Å². The Morgan fingerprint density at radius 2 is 1.56 bits per heavy atom. The van der Waals surface area contributed by atoms with E-state index in [2.05, 4.69) is 17.0 Å². The van der Waals surface area contributed by atoms with Crippen LogP contribution in [-0.2, 0) is 19.3 Å². The smallest absolute Gasteiger partial charge is 0.160 e. The van der Waals surface area contributed by atoms with E-state index in [1.54, 1.807) is 26.4 Å². The van der Waals surface area contributed by atoms with E-state index in [-0.39, 0.29) is 29.3 Å². The maximum Gasteiger partial charge on any atom is 0.160 e. The van der Waals surface area contributed by atoms with E-state index in [0.717, 1.165) is 47.4 Å². The molecule has 2 aliphatic rings. The van der Waals surface area contributed by atoms with Gasteiger partial charge in [0.1, 0.15) is 5.75 Å². The number of phenols is 3. The Morgan fingerprint density at radius 1 is 0.844 bits per heavy atom. The van der Waals surface area contributed by atoms with Gasteiger partial charge >= 0.3 is 0 Å². The Morgan fingerprint density at radius 3 is 2.28 bits per heavy atom. The molecule has 3 N–H and O–H groups in total. The molecule has 32 heavy (non-hydrogen) atoms. The van der Waals surface area contributed by atoms with Gasteiger partial charge in [0, 0.05) is 18.6 Å². The highest BCUT2D eigenvalue weighted by molar-refractivity contribution is 5.53. The second-order valence-corrected chi connectivity index (χ2v) is 8.54. The van der Waals surface area contributed by atoms with Gasteiger partial charge in [-0.05, 0) is 83.5 Å². The summed E-state index contributed by atoms with van der Waals surface area (Å²) < 4.78 is 10.7. The zero-order chi connectivity index (χ0) is 22.4. The van der Waals surface area contributed by atoms with Gasteiger partial charge < -0.3 is 24.8 Å². The van der Waals surface area contributed by atoms with Crippen LogP contribution in [0.1, 0.15) is 39.9 Å². The Hall–Kier alpha value is -3.38. The average Bonchev–Trinajstić information content (AvgIpc) is 2.80. The minimum absolute atomic E-state index is 0.0385. The van der Waals surface area contributed by atoms with Gasteiger partial charge in [0.25, 0.3) is 0 Å². The number of hydrogen-bond donors (Lipinski definition) is 3. The van der Waals surface area contributed by atoms with Crippen molar-refractivity contribution in [2.75, 3.05) is 20.8 Å². The molecule has 2 heterocycles. The van der Waals surface area contributed by atoms with Crippen LogP contribution in [0.25, 0.3) is 0 Å². The topological polar surface area (TPSA) is 82.4 Å². The van der Waals surface area contributed by atoms with Crippen molar-refractivity contribution in [3.05, 3.63) is 76.3 Å². The van der Waals surface area contributed by atoms with E-state index in [9.17, 15) is 15.3 Å². The van der Waals surface area contributed by atoms with Gasteiger partial charge in [0.15, 0.2) is 23.0 Å². The standard InChI is InChI=1S/C26H27NO5/c1-31-18-5-3-15(4-6-18)9-21-19-13-24(29)23(28)12-17(19)10-22-20-14-26(32-2)25(30)11-16(20)7-8-27(21)22/h3-6,11-14,21-22,28-30H,7-10H2,1-2H3. The lowest BCUT2D eigenvalue weighted by Crippen LogP contribution is -2.43. The number of fused-ring (bicyclic) bond motifs is 4. The molecule has 3 aromatic carbocycles. The summed E-state index contributed by atoms with van der Waals surface area (Å²) in [6, 6.07) is 15.4. The molecule has 0 aliphatic carbocycles. The van der Waals surface area contributed by atoms with Gasteiger partial charge in [-0.2, -0.15) is 0 Å². The lowest BCUT2D eigenvalue weighted by Gasteiger charge is -2.47. The molecular weight excluding hydrogens is 406 g/mol. The molecule has 0 bridgehead atoms. The van der Waals surface area contributed by atoms with Gasteiger partial charge in [-0.15, -0.1) is 0 Å². The van der Waals surface area contributed by atoms with Crippen LogP contribution in [0.3, 0.4) is 0 Å². The first-order valence-electron chi connectivity index (χ1n) is 10.8. The van der Waals surface area contributed by atoms with Crippen LogP contribution in [0.4, 0.5) is 0 Å². The van der Waals surface area contributed by atoms with Crippen LogP contribution in [-0.4, -0.2) is 41.0 Å². The van der Waals surface area contributed by atoms with Crippen LogP contribution < -0.4 is 9.47 Å². The van der Waals surface area contributed by atoms with E-state index in [4.69, 9.17) is 9.47 Å². The Balaban J connectivity index is 1.59. The van der Waals surface area contributed by atoms with Crippen LogP contribution in [0.5, 0.6) is 28.7 Å². The molecule has 0 saturated carbocycles. The van der Waals surface area contributed by atoms with Crippen molar-refractivity contribution in [3.8, 4) is 28.7 Å². The minimum atomic E-state index is -0.0975. The highest BCUT2D eigenvalue weighted by atomic mass is 16.5. The molecule has 0 amide bonds. The van der Waals surface area contributed by atoms with Crippen molar-refractivity contribution in [1.29, 1.82) is 0 Å². The Labute approximate surface area is 187 Å². The number of aromatic hydroxyl groups is 3. The number of hydrogen-bond acceptors (Lipinski definition) is 6. The predicted octanol–water partition coefficient (Wildman–Crippen LogP) is 4.26. The van der Waals surface area contributed by atoms with Crippen LogP contribution in [0.2, 0.25) is 0 Å². The summed E-state index contributed by atoms with van der Waals surface area (Å²) in [7, 11) is 3.22. The SMILES string of the molecule is COc1ccc(CC2c3cc(O)c(O)cc3CC3c4cc(OC)c(O)cc4CCN23)cc1. The largest absolute Gasteiger partial charge is 0.504 e. The van der Waals surface area contributed by atoms with Gasteiger partial charge in [-0.3, -0.25) is 4.90 Å². The molecule has 2 aliphatic heterocycles. The minimum Gasteiger partial charge on any atom is -0.504 e. The number of methoxy groups -OCH3 is 2. The van der Waals surface area contributed by atoms with Crippen molar-refractivity contribution in [1.82, 2.24) is 4.90 Å². The fourth-order valence-electron chi connectivity index (χ4n) is 5.22. The van der Waals surface area contributed by atoms with Crippen molar-refractivity contribution in [3.63, 3.8) is 0 Å². The first-order valence-corrected chi connectivity index (χ1v) is 10.8. The number of benzene rings is 3. The van der Waals surface area contributed by atoms with Crippen molar-refractivity contribution in [2.45, 2.75) is 31.3 Å². The number of ether oxygens (including phenoxy) is 2. The molecule has 166 valence electrons. The summed E-state index contributed by atoms with van der Waals surface area (Å²) in [6.07, 6.45) is 2.30. The summed E-state index contributed by atoms with van der Waals surface area (Å²) >= 11 is 0. The second-order valence-electron chi connectivity index (χ2n) is 8.54. The maximum absolute atomic E-state index is 10.3. The Bertz CT molecular complexity index is 1160. The van der Waals surface area contributed by atoms with Crippen LogP contribution in [0, 0.1) is 0 Å². The lowest BCUT2D eigenvalue weighted by atomic mass is 9.79. The van der Waals surface area contributed by atoms with Crippen molar-refractivity contribution in [2.24, 2.45) is 0 Å². The van der Waals surface area contributed by atoms with Crippen molar-refractivity contribution >= 4 is 0 Å². The first kappa shape index (κ1) is 20.5. The molecule has 0 aromatic heterocycles. The summed E-state index contributed by atoms with van der Waals surface area (Å²) in [6.45, 7) is 0.839. The molecule has 3 aromatic rings. The van der Waals surface area contributed by atoms with Crippen molar-refractivity contribution < 1.29 is 24.8 Å². The summed E-state index contributed by atoms with van der Waals surface area (Å²) in [5.41, 5.74) is 5.51. The zero-order valence-electron chi connectivity index (χ0n) is 18.2. The third-order valence-electron chi connectivity index (χ3n) is 6.84. The molecule has 6 nitrogen and oxygen atoms in total. The fraction of sp³-hybridized carbons (Fsp3) is 0.308. The zero-order valence-corrected chi connectivity index (χ0v) is 18.2. The quantitative estimate of drug-likeness (QED) is 0.534. The number of phenolic OH excluding ortho intramolecular Hbond substituents is 3. The number of rotatable bonds is 4. The molecule has 2 unspecified atom stereocenters. The summed E-state index contributed by atoms with van der Waals surface area (Å²) in [5, 5.41) is 30.7. The van der Waals surface area contributed by atoms with Gasteiger partial charge in [0.2, 0.25) is 0 Å². The van der Waals surface area contributed by atoms with E-state index in [1.807, 2.05) is 24.3 Å². The third kappa shape index (κ3) is 3.41. The van der Waals surface area contributed by atoms with Crippen LogP contribution in [0.15, 0.2) is 48.5 Å². The second kappa shape index (κ2) is 7.95. The molecule has 5 rings (SSSR count). The maximum atomic E-state index is 10.3. The highest BCUT2D eigenvalue weighted by Crippen LogP contribution is 2.48. The molecular formula is C26H27NO5. The van der Waals surface area contributed by atoms with Gasteiger partial charge in [0.05, 0.1) is 14.2 Å². The monoisotopic (exact) mass is 433 g/mol. The highest BCUT2D eigenvalue weighted by Gasteiger charge is 2.39. The number of nitrogens with zero attached hydrogens (tertiary/aromatic N) is 1. The van der Waals surface area contributed by atoms with Gasteiger partial charge in [-0.25, -0.2) is 0 Å². The molecule has 0 spiro atoms. The molecule has 6 heteroatoms. The van der Waals surface area contributed by atoms with E-state index in [0.29, 0.717) is 12.2 Å². The third-order valence-corrected chi connectivity index (χ3v) is 6.84. The van der Waals surface area contributed by atoms with E-state index >= 15 is 0 Å². The summed E-state index contributed by atoms with van der Waals surface area (Å²) in [5.74, 6) is 1.26. The predicted molar refractivity (Wildman–Crippen MR) is 121 cm³/mol. The Kier molecular flexibility index (Phi) is 5.10. The molecule has 0 saturated heterocycles. The van der Waals surface area contributed by atoms with E-state index in [1.165, 1.54) is 5.56 Å². The average molecular weight is 434 g/mol. The molecule has 2 atom stereocenters.